The van der Waals surface area contributed by atoms with E-state index < -0.39 is 0 Å². The van der Waals surface area contributed by atoms with Crippen LogP contribution in [0.2, 0.25) is 0 Å². The Morgan fingerprint density at radius 3 is 2.53 bits per heavy atom. The normalized spacial score (nSPS) is 10.8. The second-order valence-electron chi connectivity index (χ2n) is 4.43. The number of carbonyl (C=O) groups is 1. The van der Waals surface area contributed by atoms with E-state index in [9.17, 15) is 4.79 Å². The minimum atomic E-state index is 0.110. The number of hydrogen-bond acceptors (Lipinski definition) is 2. The Kier molecular flexibility index (Phi) is 3.38. The van der Waals surface area contributed by atoms with Crippen LogP contribution in [0.3, 0.4) is 0 Å². The highest BCUT2D eigenvalue weighted by molar-refractivity contribution is 5.95. The van der Waals surface area contributed by atoms with Gasteiger partial charge in [-0.3, -0.25) is 4.79 Å². The molecule has 17 heavy (non-hydrogen) atoms. The number of nitrogens with zero attached hydrogens (tertiary/aromatic N) is 2. The van der Waals surface area contributed by atoms with Crippen molar-refractivity contribution in [3.05, 3.63) is 54.1 Å². The molecule has 1 heterocycles. The Hall–Kier alpha value is -1.90. The summed E-state index contributed by atoms with van der Waals surface area (Å²) in [6, 6.07) is 7.83. The van der Waals surface area contributed by atoms with Gasteiger partial charge in [0.15, 0.2) is 5.78 Å². The van der Waals surface area contributed by atoms with Gasteiger partial charge in [0.25, 0.3) is 0 Å². The summed E-state index contributed by atoms with van der Waals surface area (Å²) in [5.74, 6) is 0.603. The van der Waals surface area contributed by atoms with E-state index >= 15 is 0 Å². The summed E-state index contributed by atoms with van der Waals surface area (Å²) in [7, 11) is 0. The van der Waals surface area contributed by atoms with Crippen LogP contribution in [0, 0.1) is 0 Å². The van der Waals surface area contributed by atoms with Crippen LogP contribution >= 0.6 is 0 Å². The second kappa shape index (κ2) is 4.95. The molecule has 0 radical (unpaired) electrons. The monoisotopic (exact) mass is 228 g/mol. The molecule has 1 aromatic carbocycles. The summed E-state index contributed by atoms with van der Waals surface area (Å²) in [5.41, 5.74) is 2.01. The molecule has 0 aliphatic carbocycles. The van der Waals surface area contributed by atoms with Gasteiger partial charge >= 0.3 is 0 Å². The fourth-order valence-corrected chi connectivity index (χ4v) is 1.69. The maximum Gasteiger partial charge on any atom is 0.182 e. The molecule has 3 nitrogen and oxygen atoms in total. The fraction of sp³-hybridized carbons (Fsp3) is 0.286. The number of rotatable bonds is 4. The zero-order valence-corrected chi connectivity index (χ0v) is 10.1. The maximum atomic E-state index is 11.9. The van der Waals surface area contributed by atoms with Gasteiger partial charge in [0.1, 0.15) is 0 Å². The first-order valence-corrected chi connectivity index (χ1v) is 5.75. The minimum absolute atomic E-state index is 0.110. The molecule has 88 valence electrons. The third kappa shape index (κ3) is 2.81. The van der Waals surface area contributed by atoms with E-state index in [4.69, 9.17) is 0 Å². The van der Waals surface area contributed by atoms with Gasteiger partial charge in [0, 0.05) is 18.0 Å². The number of ketones is 1. The smallest absolute Gasteiger partial charge is 0.182 e. The van der Waals surface area contributed by atoms with Gasteiger partial charge in [0.05, 0.1) is 12.9 Å². The average molecular weight is 228 g/mol. The van der Waals surface area contributed by atoms with Crippen LogP contribution in [0.5, 0.6) is 0 Å². The van der Waals surface area contributed by atoms with E-state index in [2.05, 4.69) is 18.8 Å². The Bertz CT molecular complexity index is 483. The Morgan fingerprint density at radius 1 is 1.29 bits per heavy atom. The Labute approximate surface area is 101 Å². The molecule has 0 saturated heterocycles. The van der Waals surface area contributed by atoms with Gasteiger partial charge in [-0.1, -0.05) is 38.1 Å². The lowest BCUT2D eigenvalue weighted by Crippen LogP contribution is -2.08. The Morgan fingerprint density at radius 2 is 2.00 bits per heavy atom. The molecule has 0 N–H and O–H groups in total. The van der Waals surface area contributed by atoms with Gasteiger partial charge in [-0.15, -0.1) is 0 Å². The highest BCUT2D eigenvalue weighted by Crippen LogP contribution is 2.15. The molecule has 0 spiro atoms. The highest BCUT2D eigenvalue weighted by atomic mass is 16.1. The molecule has 2 aromatic rings. The molecule has 0 aliphatic rings. The largest absolute Gasteiger partial charge is 0.330 e. The average Bonchev–Trinajstić information content (AvgIpc) is 2.82. The third-order valence-corrected chi connectivity index (χ3v) is 2.78. The quantitative estimate of drug-likeness (QED) is 0.754. The van der Waals surface area contributed by atoms with Crippen molar-refractivity contribution in [2.45, 2.75) is 26.3 Å². The van der Waals surface area contributed by atoms with Crippen molar-refractivity contribution in [2.24, 2.45) is 0 Å². The Balaban J connectivity index is 2.09. The van der Waals surface area contributed by atoms with Gasteiger partial charge < -0.3 is 4.57 Å². The molecule has 0 amide bonds. The van der Waals surface area contributed by atoms with Crippen LogP contribution in [0.4, 0.5) is 0 Å². The molecule has 2 rings (SSSR count). The van der Waals surface area contributed by atoms with Gasteiger partial charge in [0.2, 0.25) is 0 Å². The summed E-state index contributed by atoms with van der Waals surface area (Å²) in [4.78, 5) is 15.9. The number of benzene rings is 1. The highest BCUT2D eigenvalue weighted by Gasteiger charge is 2.07. The predicted octanol–water partition coefficient (Wildman–Crippen LogP) is 2.89. The predicted molar refractivity (Wildman–Crippen MR) is 67.1 cm³/mol. The second-order valence-corrected chi connectivity index (χ2v) is 4.43. The van der Waals surface area contributed by atoms with Crippen LogP contribution in [-0.2, 0) is 6.54 Å². The molecule has 0 saturated carbocycles. The van der Waals surface area contributed by atoms with Crippen molar-refractivity contribution in [2.75, 3.05) is 0 Å². The van der Waals surface area contributed by atoms with Crippen molar-refractivity contribution < 1.29 is 4.79 Å². The number of imidazole rings is 1. The lowest BCUT2D eigenvalue weighted by Gasteiger charge is -2.06. The molecular weight excluding hydrogens is 212 g/mol. The zero-order chi connectivity index (χ0) is 12.3. The maximum absolute atomic E-state index is 11.9. The molecule has 0 atom stereocenters. The first-order chi connectivity index (χ1) is 8.16. The van der Waals surface area contributed by atoms with Crippen molar-refractivity contribution >= 4 is 5.78 Å². The van der Waals surface area contributed by atoms with Gasteiger partial charge in [-0.05, 0) is 11.5 Å². The number of aromatic nitrogens is 2. The first kappa shape index (κ1) is 11.6. The van der Waals surface area contributed by atoms with Crippen molar-refractivity contribution in [1.29, 1.82) is 0 Å². The third-order valence-electron chi connectivity index (χ3n) is 2.78. The van der Waals surface area contributed by atoms with E-state index in [-0.39, 0.29) is 5.78 Å². The van der Waals surface area contributed by atoms with E-state index in [1.165, 1.54) is 5.56 Å². The van der Waals surface area contributed by atoms with E-state index in [0.717, 1.165) is 5.56 Å². The minimum Gasteiger partial charge on any atom is -0.330 e. The first-order valence-electron chi connectivity index (χ1n) is 5.75. The standard InChI is InChI=1S/C14H16N2O/c1-11(2)12-3-5-13(6-4-12)14(17)9-16-8-7-15-10-16/h3-8,10-11H,9H2,1-2H3. The van der Waals surface area contributed by atoms with E-state index in [0.29, 0.717) is 12.5 Å². The van der Waals surface area contributed by atoms with Crippen LogP contribution in [-0.4, -0.2) is 15.3 Å². The molecule has 0 aliphatic heterocycles. The molecule has 0 unspecified atom stereocenters. The van der Waals surface area contributed by atoms with Crippen LogP contribution < -0.4 is 0 Å². The topological polar surface area (TPSA) is 34.9 Å². The molecular formula is C14H16N2O. The molecule has 0 fully saturated rings. The molecule has 1 aromatic heterocycles. The fourth-order valence-electron chi connectivity index (χ4n) is 1.69. The lowest BCUT2D eigenvalue weighted by molar-refractivity contribution is 0.0972. The zero-order valence-electron chi connectivity index (χ0n) is 10.1. The molecule has 3 heteroatoms. The van der Waals surface area contributed by atoms with Crippen LogP contribution in [0.25, 0.3) is 0 Å². The molecule has 0 bridgehead atoms. The van der Waals surface area contributed by atoms with Crippen LogP contribution in [0.15, 0.2) is 43.0 Å². The summed E-state index contributed by atoms with van der Waals surface area (Å²) >= 11 is 0. The van der Waals surface area contributed by atoms with E-state index in [1.807, 2.05) is 24.3 Å². The summed E-state index contributed by atoms with van der Waals surface area (Å²) in [6.07, 6.45) is 5.12. The van der Waals surface area contributed by atoms with Crippen molar-refractivity contribution in [3.8, 4) is 0 Å². The summed E-state index contributed by atoms with van der Waals surface area (Å²) < 4.78 is 1.78. The summed E-state index contributed by atoms with van der Waals surface area (Å²) in [5, 5.41) is 0. The lowest BCUT2D eigenvalue weighted by atomic mass is 10.0. The SMILES string of the molecule is CC(C)c1ccc(C(=O)Cn2ccnc2)cc1. The van der Waals surface area contributed by atoms with E-state index in [1.54, 1.807) is 23.3 Å². The number of Topliss-reactive ketones (excluding diaryl/α,β-unsaturated/α-hetero) is 1. The van der Waals surface area contributed by atoms with Crippen molar-refractivity contribution in [3.63, 3.8) is 0 Å². The van der Waals surface area contributed by atoms with Gasteiger partial charge in [-0.25, -0.2) is 4.98 Å². The van der Waals surface area contributed by atoms with Crippen molar-refractivity contribution in [1.82, 2.24) is 9.55 Å². The van der Waals surface area contributed by atoms with Gasteiger partial charge in [-0.2, -0.15) is 0 Å². The summed E-state index contributed by atoms with van der Waals surface area (Å²) in [6.45, 7) is 4.63. The van der Waals surface area contributed by atoms with Crippen LogP contribution in [0.1, 0.15) is 35.7 Å². The number of hydrogen-bond donors (Lipinski definition) is 0. The number of carbonyl (C=O) groups excluding carboxylic acids is 1.